The molecule has 2 N–H and O–H groups in total. The zero-order valence-electron chi connectivity index (χ0n) is 10.1. The highest BCUT2D eigenvalue weighted by Crippen LogP contribution is 2.15. The van der Waals surface area contributed by atoms with Gasteiger partial charge < -0.3 is 10.2 Å². The van der Waals surface area contributed by atoms with Gasteiger partial charge in [-0.15, -0.1) is 0 Å². The normalized spacial score (nSPS) is 9.35. The van der Waals surface area contributed by atoms with Gasteiger partial charge in [-0.2, -0.15) is 0 Å². The molecule has 0 aliphatic rings. The minimum Gasteiger partial charge on any atom is -0.480 e. The number of carbonyl (C=O) groups is 2. The van der Waals surface area contributed by atoms with Crippen molar-refractivity contribution in [3.63, 3.8) is 0 Å². The molecule has 94 valence electrons. The van der Waals surface area contributed by atoms with Crippen LogP contribution in [0.5, 0.6) is 0 Å². The Kier molecular flexibility index (Phi) is 7.43. The second kappa shape index (κ2) is 8.33. The first-order valence-electron chi connectivity index (χ1n) is 5.55. The summed E-state index contributed by atoms with van der Waals surface area (Å²) >= 11 is 0. The lowest BCUT2D eigenvalue weighted by molar-refractivity contribution is -0.150. The molecular weight excluding hydrogens is 220 g/mol. The van der Waals surface area contributed by atoms with E-state index in [0.29, 0.717) is 0 Å². The van der Waals surface area contributed by atoms with Crippen molar-refractivity contribution in [2.24, 2.45) is 0 Å². The summed E-state index contributed by atoms with van der Waals surface area (Å²) in [7, 11) is 0. The topological polar surface area (TPSA) is 74.6 Å². The molecular formula is C13H18O4. The Labute approximate surface area is 101 Å². The van der Waals surface area contributed by atoms with Crippen molar-refractivity contribution in [1.82, 2.24) is 0 Å². The standard InChI is InChI=1S/C9H8O4.C4H10/c10-8(11)7(9(12)13)6-4-2-1-3-5-6;1-3-4-2/h1-5,7H,(H,10,11)(H,12,13);3-4H2,1-2H3. The molecule has 0 saturated carbocycles. The number of hydrogen-bond donors (Lipinski definition) is 2. The second-order valence-corrected chi connectivity index (χ2v) is 3.52. The minimum absolute atomic E-state index is 0.280. The van der Waals surface area contributed by atoms with Gasteiger partial charge in [0.15, 0.2) is 5.92 Å². The van der Waals surface area contributed by atoms with Crippen molar-refractivity contribution in [3.05, 3.63) is 35.9 Å². The van der Waals surface area contributed by atoms with E-state index in [1.807, 2.05) is 0 Å². The van der Waals surface area contributed by atoms with Gasteiger partial charge in [-0.25, -0.2) is 0 Å². The third-order valence-corrected chi connectivity index (χ3v) is 2.13. The Hall–Kier alpha value is -1.84. The van der Waals surface area contributed by atoms with E-state index in [-0.39, 0.29) is 5.56 Å². The average Bonchev–Trinajstić information content (AvgIpc) is 2.30. The molecule has 1 rings (SSSR count). The second-order valence-electron chi connectivity index (χ2n) is 3.52. The molecule has 4 nitrogen and oxygen atoms in total. The molecule has 0 aliphatic heterocycles. The maximum Gasteiger partial charge on any atom is 0.322 e. The molecule has 0 saturated heterocycles. The van der Waals surface area contributed by atoms with Gasteiger partial charge in [-0.3, -0.25) is 9.59 Å². The summed E-state index contributed by atoms with van der Waals surface area (Å²) in [6.45, 7) is 4.36. The van der Waals surface area contributed by atoms with Crippen LogP contribution in [0.3, 0.4) is 0 Å². The maximum atomic E-state index is 10.6. The minimum atomic E-state index is -1.47. The Balaban J connectivity index is 0.000000557. The zero-order valence-corrected chi connectivity index (χ0v) is 10.1. The fourth-order valence-electron chi connectivity index (χ4n) is 1.04. The predicted octanol–water partition coefficient (Wildman–Crippen LogP) is 2.75. The summed E-state index contributed by atoms with van der Waals surface area (Å²) < 4.78 is 0. The van der Waals surface area contributed by atoms with Crippen LogP contribution in [0.2, 0.25) is 0 Å². The molecule has 0 radical (unpaired) electrons. The summed E-state index contributed by atoms with van der Waals surface area (Å²) in [5, 5.41) is 17.2. The highest BCUT2D eigenvalue weighted by atomic mass is 16.4. The van der Waals surface area contributed by atoms with Crippen molar-refractivity contribution < 1.29 is 19.8 Å². The van der Waals surface area contributed by atoms with Crippen LogP contribution < -0.4 is 0 Å². The van der Waals surface area contributed by atoms with Gasteiger partial charge in [0.1, 0.15) is 0 Å². The molecule has 4 heteroatoms. The van der Waals surface area contributed by atoms with Crippen LogP contribution in [-0.4, -0.2) is 22.2 Å². The van der Waals surface area contributed by atoms with Crippen molar-refractivity contribution in [1.29, 1.82) is 0 Å². The van der Waals surface area contributed by atoms with E-state index in [4.69, 9.17) is 10.2 Å². The quantitative estimate of drug-likeness (QED) is 0.791. The van der Waals surface area contributed by atoms with Gasteiger partial charge in [0, 0.05) is 0 Å². The number of carboxylic acid groups (broad SMARTS) is 2. The number of benzene rings is 1. The largest absolute Gasteiger partial charge is 0.480 e. The van der Waals surface area contributed by atoms with E-state index >= 15 is 0 Å². The summed E-state index contributed by atoms with van der Waals surface area (Å²) in [6, 6.07) is 7.87. The number of hydrogen-bond acceptors (Lipinski definition) is 2. The van der Waals surface area contributed by atoms with Crippen LogP contribution in [0.15, 0.2) is 30.3 Å². The highest BCUT2D eigenvalue weighted by molar-refractivity contribution is 5.98. The molecule has 0 spiro atoms. The van der Waals surface area contributed by atoms with E-state index in [1.165, 1.54) is 25.0 Å². The molecule has 0 atom stereocenters. The van der Waals surface area contributed by atoms with Gasteiger partial charge in [0.05, 0.1) is 0 Å². The first-order valence-corrected chi connectivity index (χ1v) is 5.55. The summed E-state index contributed by atoms with van der Waals surface area (Å²) in [6.07, 6.45) is 2.64. The lowest BCUT2D eigenvalue weighted by Crippen LogP contribution is -2.20. The maximum absolute atomic E-state index is 10.6. The fourth-order valence-corrected chi connectivity index (χ4v) is 1.04. The highest BCUT2D eigenvalue weighted by Gasteiger charge is 2.27. The van der Waals surface area contributed by atoms with Gasteiger partial charge in [-0.05, 0) is 5.56 Å². The van der Waals surface area contributed by atoms with Crippen LogP contribution in [0.25, 0.3) is 0 Å². The van der Waals surface area contributed by atoms with E-state index < -0.39 is 17.9 Å². The molecule has 0 bridgehead atoms. The van der Waals surface area contributed by atoms with Crippen molar-refractivity contribution in [2.75, 3.05) is 0 Å². The van der Waals surface area contributed by atoms with Crippen LogP contribution in [0.4, 0.5) is 0 Å². The molecule has 0 fully saturated rings. The SMILES string of the molecule is CCCC.O=C(O)C(C(=O)O)c1ccccc1. The Morgan fingerprint density at radius 2 is 1.41 bits per heavy atom. The average molecular weight is 238 g/mol. The van der Waals surface area contributed by atoms with Gasteiger partial charge in [0.25, 0.3) is 0 Å². The fraction of sp³-hybridized carbons (Fsp3) is 0.385. The first-order chi connectivity index (χ1) is 8.04. The van der Waals surface area contributed by atoms with E-state index in [2.05, 4.69) is 13.8 Å². The third-order valence-electron chi connectivity index (χ3n) is 2.13. The van der Waals surface area contributed by atoms with Crippen molar-refractivity contribution in [3.8, 4) is 0 Å². The zero-order chi connectivity index (χ0) is 13.3. The van der Waals surface area contributed by atoms with Gasteiger partial charge in [0.2, 0.25) is 0 Å². The molecule has 0 aliphatic carbocycles. The van der Waals surface area contributed by atoms with Crippen LogP contribution >= 0.6 is 0 Å². The van der Waals surface area contributed by atoms with Gasteiger partial charge >= 0.3 is 11.9 Å². The molecule has 0 heterocycles. The van der Waals surface area contributed by atoms with E-state index in [0.717, 1.165) is 0 Å². The number of unbranched alkanes of at least 4 members (excludes halogenated alkanes) is 1. The molecule has 0 amide bonds. The van der Waals surface area contributed by atoms with Crippen LogP contribution in [0.1, 0.15) is 38.2 Å². The molecule has 1 aromatic carbocycles. The first kappa shape index (κ1) is 15.2. The lowest BCUT2D eigenvalue weighted by Gasteiger charge is -2.06. The molecule has 0 unspecified atom stereocenters. The monoisotopic (exact) mass is 238 g/mol. The summed E-state index contributed by atoms with van der Waals surface area (Å²) in [5.74, 6) is -4.17. The van der Waals surface area contributed by atoms with E-state index in [1.54, 1.807) is 18.2 Å². The van der Waals surface area contributed by atoms with Crippen LogP contribution in [-0.2, 0) is 9.59 Å². The number of aliphatic carboxylic acids is 2. The van der Waals surface area contributed by atoms with Crippen molar-refractivity contribution in [2.45, 2.75) is 32.6 Å². The van der Waals surface area contributed by atoms with Crippen molar-refractivity contribution >= 4 is 11.9 Å². The van der Waals surface area contributed by atoms with E-state index in [9.17, 15) is 9.59 Å². The molecule has 1 aromatic rings. The predicted molar refractivity (Wildman–Crippen MR) is 65.0 cm³/mol. The Bertz CT molecular complexity index is 330. The Morgan fingerprint density at radius 1 is 1.00 bits per heavy atom. The lowest BCUT2D eigenvalue weighted by atomic mass is 10.00. The summed E-state index contributed by atoms with van der Waals surface area (Å²) in [4.78, 5) is 21.1. The Morgan fingerprint density at radius 3 is 1.71 bits per heavy atom. The van der Waals surface area contributed by atoms with Gasteiger partial charge in [-0.1, -0.05) is 57.0 Å². The number of rotatable bonds is 4. The summed E-state index contributed by atoms with van der Waals surface area (Å²) in [5.41, 5.74) is 0.280. The molecule has 17 heavy (non-hydrogen) atoms. The van der Waals surface area contributed by atoms with Crippen LogP contribution in [0, 0.1) is 0 Å². The smallest absolute Gasteiger partial charge is 0.322 e. The third kappa shape index (κ3) is 5.70. The molecule has 0 aromatic heterocycles. The number of carboxylic acids is 2.